The zero-order chi connectivity index (χ0) is 26.7. The van der Waals surface area contributed by atoms with Crippen molar-refractivity contribution in [2.45, 2.75) is 25.4 Å². The molecule has 1 aromatic heterocycles. The van der Waals surface area contributed by atoms with E-state index in [1.165, 1.54) is 6.07 Å². The summed E-state index contributed by atoms with van der Waals surface area (Å²) < 4.78 is 46.3. The standard InChI is InChI=1S/C28H26F3N5O2/c1-32-27-33-13-12-25(35-27)38-20-9-10-21-18(16-20)6-5-7-22(21)26(37)34-23-17-19(28(29,30)31)8-11-24(23)36-14-3-2-4-15-36/h5-13,16-17H,2-4,14-15H2,1H3,(H,34,37)(H,32,33,35). The fourth-order valence-corrected chi connectivity index (χ4v) is 4.58. The summed E-state index contributed by atoms with van der Waals surface area (Å²) in [7, 11) is 1.70. The van der Waals surface area contributed by atoms with Crippen LogP contribution in [0.2, 0.25) is 0 Å². The van der Waals surface area contributed by atoms with E-state index in [1.54, 1.807) is 49.6 Å². The highest BCUT2D eigenvalue weighted by atomic mass is 19.4. The van der Waals surface area contributed by atoms with E-state index in [1.807, 2.05) is 11.0 Å². The van der Waals surface area contributed by atoms with Gasteiger partial charge in [0.2, 0.25) is 11.8 Å². The molecule has 0 radical (unpaired) electrons. The van der Waals surface area contributed by atoms with Gasteiger partial charge < -0.3 is 20.3 Å². The molecular formula is C28H26F3N5O2. The molecule has 10 heteroatoms. The molecule has 0 unspecified atom stereocenters. The molecule has 1 fully saturated rings. The second-order valence-corrected chi connectivity index (χ2v) is 8.99. The van der Waals surface area contributed by atoms with Crippen LogP contribution in [0.1, 0.15) is 35.2 Å². The van der Waals surface area contributed by atoms with Crippen LogP contribution in [0.3, 0.4) is 0 Å². The lowest BCUT2D eigenvalue weighted by molar-refractivity contribution is -0.137. The molecule has 0 bridgehead atoms. The number of rotatable bonds is 6. The van der Waals surface area contributed by atoms with Gasteiger partial charge in [-0.1, -0.05) is 12.1 Å². The summed E-state index contributed by atoms with van der Waals surface area (Å²) in [6.07, 6.45) is 0.0339. The minimum atomic E-state index is -4.52. The Morgan fingerprint density at radius 2 is 1.82 bits per heavy atom. The summed E-state index contributed by atoms with van der Waals surface area (Å²) >= 11 is 0. The van der Waals surface area contributed by atoms with Crippen LogP contribution in [0, 0.1) is 0 Å². The highest BCUT2D eigenvalue weighted by Gasteiger charge is 2.32. The van der Waals surface area contributed by atoms with Crippen LogP contribution in [-0.4, -0.2) is 36.0 Å². The van der Waals surface area contributed by atoms with Gasteiger partial charge >= 0.3 is 6.18 Å². The molecule has 1 aliphatic rings. The largest absolute Gasteiger partial charge is 0.439 e. The molecule has 0 aliphatic carbocycles. The number of hydrogen-bond acceptors (Lipinski definition) is 6. The minimum Gasteiger partial charge on any atom is -0.439 e. The Bertz CT molecular complexity index is 1470. The van der Waals surface area contributed by atoms with Gasteiger partial charge in [-0.3, -0.25) is 4.79 Å². The number of anilines is 3. The molecular weight excluding hydrogens is 495 g/mol. The third-order valence-electron chi connectivity index (χ3n) is 6.44. The van der Waals surface area contributed by atoms with Gasteiger partial charge in [-0.05, 0) is 72.5 Å². The van der Waals surface area contributed by atoms with E-state index in [4.69, 9.17) is 4.74 Å². The molecule has 0 saturated carbocycles. The Labute approximate surface area is 217 Å². The van der Waals surface area contributed by atoms with E-state index in [0.29, 0.717) is 34.2 Å². The molecule has 7 nitrogen and oxygen atoms in total. The number of nitrogens with one attached hydrogen (secondary N) is 2. The van der Waals surface area contributed by atoms with Crippen molar-refractivity contribution in [1.82, 2.24) is 9.97 Å². The lowest BCUT2D eigenvalue weighted by atomic mass is 10.0. The van der Waals surface area contributed by atoms with Gasteiger partial charge in [-0.25, -0.2) is 4.98 Å². The van der Waals surface area contributed by atoms with E-state index in [-0.39, 0.29) is 5.69 Å². The summed E-state index contributed by atoms with van der Waals surface area (Å²) in [6, 6.07) is 15.6. The topological polar surface area (TPSA) is 79.4 Å². The van der Waals surface area contributed by atoms with Crippen molar-refractivity contribution >= 4 is 34.0 Å². The van der Waals surface area contributed by atoms with Crippen LogP contribution in [0.4, 0.5) is 30.5 Å². The van der Waals surface area contributed by atoms with E-state index >= 15 is 0 Å². The second-order valence-electron chi connectivity index (χ2n) is 8.99. The first-order valence-electron chi connectivity index (χ1n) is 12.3. The van der Waals surface area contributed by atoms with Crippen LogP contribution >= 0.6 is 0 Å². The molecule has 196 valence electrons. The van der Waals surface area contributed by atoms with Crippen LogP contribution < -0.4 is 20.3 Å². The maximum atomic E-state index is 13.5. The summed E-state index contributed by atoms with van der Waals surface area (Å²) in [5.41, 5.74) is 0.274. The number of halogens is 3. The van der Waals surface area contributed by atoms with Gasteiger partial charge in [0, 0.05) is 38.0 Å². The molecule has 0 spiro atoms. The molecule has 1 amide bonds. The first-order valence-corrected chi connectivity index (χ1v) is 12.3. The van der Waals surface area contributed by atoms with Crippen molar-refractivity contribution in [2.24, 2.45) is 0 Å². The predicted molar refractivity (Wildman–Crippen MR) is 141 cm³/mol. The third-order valence-corrected chi connectivity index (χ3v) is 6.44. The van der Waals surface area contributed by atoms with Gasteiger partial charge in [0.05, 0.1) is 16.9 Å². The maximum Gasteiger partial charge on any atom is 0.416 e. The van der Waals surface area contributed by atoms with Crippen LogP contribution in [0.5, 0.6) is 11.6 Å². The number of hydrogen-bond donors (Lipinski definition) is 2. The fourth-order valence-electron chi connectivity index (χ4n) is 4.58. The SMILES string of the molecule is CNc1nccc(Oc2ccc3c(C(=O)Nc4cc(C(F)(F)F)ccc4N4CCCCC4)cccc3c2)n1. The van der Waals surface area contributed by atoms with Crippen molar-refractivity contribution in [3.8, 4) is 11.6 Å². The third kappa shape index (κ3) is 5.49. The van der Waals surface area contributed by atoms with E-state index in [9.17, 15) is 18.0 Å². The lowest BCUT2D eigenvalue weighted by Crippen LogP contribution is -2.30. The highest BCUT2D eigenvalue weighted by molar-refractivity contribution is 6.14. The number of carbonyl (C=O) groups is 1. The zero-order valence-electron chi connectivity index (χ0n) is 20.7. The number of alkyl halides is 3. The first kappa shape index (κ1) is 25.3. The van der Waals surface area contributed by atoms with Crippen LogP contribution in [-0.2, 0) is 6.18 Å². The molecule has 0 atom stereocenters. The van der Waals surface area contributed by atoms with Gasteiger partial charge in [0.1, 0.15) is 5.75 Å². The van der Waals surface area contributed by atoms with Gasteiger partial charge in [0.25, 0.3) is 5.91 Å². The average Bonchev–Trinajstić information content (AvgIpc) is 2.92. The second kappa shape index (κ2) is 10.6. The highest BCUT2D eigenvalue weighted by Crippen LogP contribution is 2.37. The maximum absolute atomic E-state index is 13.5. The summed E-state index contributed by atoms with van der Waals surface area (Å²) in [6.45, 7) is 1.46. The molecule has 5 rings (SSSR count). The van der Waals surface area contributed by atoms with Crippen molar-refractivity contribution in [3.05, 3.63) is 78.0 Å². The number of ether oxygens (including phenoxy) is 1. The Kier molecular flexibility index (Phi) is 7.04. The molecule has 2 N–H and O–H groups in total. The lowest BCUT2D eigenvalue weighted by Gasteiger charge is -2.31. The Hall–Kier alpha value is -4.34. The number of aromatic nitrogens is 2. The van der Waals surface area contributed by atoms with Gasteiger partial charge in [0.15, 0.2) is 0 Å². The van der Waals surface area contributed by atoms with Crippen LogP contribution in [0.15, 0.2) is 66.9 Å². The number of piperidine rings is 1. The number of amides is 1. The minimum absolute atomic E-state index is 0.146. The Morgan fingerprint density at radius 3 is 2.58 bits per heavy atom. The average molecular weight is 522 g/mol. The predicted octanol–water partition coefficient (Wildman–Crippen LogP) is 6.73. The summed E-state index contributed by atoms with van der Waals surface area (Å²) in [5.74, 6) is 0.797. The number of fused-ring (bicyclic) bond motifs is 1. The van der Waals surface area contributed by atoms with Crippen molar-refractivity contribution in [3.63, 3.8) is 0 Å². The Morgan fingerprint density at radius 1 is 1.00 bits per heavy atom. The molecule has 1 aliphatic heterocycles. The van der Waals surface area contributed by atoms with Crippen molar-refractivity contribution in [1.29, 1.82) is 0 Å². The molecule has 1 saturated heterocycles. The normalized spacial score (nSPS) is 13.8. The summed E-state index contributed by atoms with van der Waals surface area (Å²) in [4.78, 5) is 23.7. The van der Waals surface area contributed by atoms with E-state index in [0.717, 1.165) is 49.9 Å². The van der Waals surface area contributed by atoms with Crippen molar-refractivity contribution < 1.29 is 22.7 Å². The van der Waals surface area contributed by atoms with Crippen molar-refractivity contribution in [2.75, 3.05) is 35.7 Å². The first-order chi connectivity index (χ1) is 18.3. The quantitative estimate of drug-likeness (QED) is 0.293. The number of nitrogens with zero attached hydrogens (tertiary/aromatic N) is 3. The number of carbonyl (C=O) groups excluding carboxylic acids is 1. The van der Waals surface area contributed by atoms with E-state index in [2.05, 4.69) is 20.6 Å². The smallest absolute Gasteiger partial charge is 0.416 e. The van der Waals surface area contributed by atoms with Crippen LogP contribution in [0.25, 0.3) is 10.8 Å². The molecule has 3 aromatic carbocycles. The van der Waals surface area contributed by atoms with E-state index < -0.39 is 17.6 Å². The zero-order valence-corrected chi connectivity index (χ0v) is 20.7. The Balaban J connectivity index is 1.44. The van der Waals surface area contributed by atoms with Gasteiger partial charge in [-0.2, -0.15) is 18.2 Å². The molecule has 38 heavy (non-hydrogen) atoms. The molecule has 4 aromatic rings. The fraction of sp³-hybridized carbons (Fsp3) is 0.250. The number of benzene rings is 3. The monoisotopic (exact) mass is 521 g/mol. The summed E-state index contributed by atoms with van der Waals surface area (Å²) in [5, 5.41) is 6.98. The molecule has 2 heterocycles. The van der Waals surface area contributed by atoms with Gasteiger partial charge in [-0.15, -0.1) is 0 Å².